The lowest BCUT2D eigenvalue weighted by Gasteiger charge is -2.22. The predicted molar refractivity (Wildman–Crippen MR) is 58.3 cm³/mol. The van der Waals surface area contributed by atoms with E-state index >= 15 is 0 Å². The quantitative estimate of drug-likeness (QED) is 0.503. The molecule has 1 amide bonds. The number of carbonyl (C=O) groups excluding carboxylic acids is 1. The van der Waals surface area contributed by atoms with Crippen molar-refractivity contribution in [3.8, 4) is 0 Å². The van der Waals surface area contributed by atoms with Crippen molar-refractivity contribution in [2.24, 2.45) is 5.73 Å². The van der Waals surface area contributed by atoms with Crippen LogP contribution in [0.15, 0.2) is 0 Å². The lowest BCUT2D eigenvalue weighted by Crippen LogP contribution is -2.39. The molecule has 0 aromatic carbocycles. The maximum atomic E-state index is 11.6. The summed E-state index contributed by atoms with van der Waals surface area (Å²) in [6.07, 6.45) is 2.06. The number of hydrogen-bond donors (Lipinski definition) is 3. The largest absolute Gasteiger partial charge is 0.395 e. The summed E-state index contributed by atoms with van der Waals surface area (Å²) >= 11 is 0. The number of rotatable bonds is 8. The highest BCUT2D eigenvalue weighted by molar-refractivity contribution is 5.76. The molecule has 0 rings (SSSR count). The van der Waals surface area contributed by atoms with Crippen molar-refractivity contribution in [2.45, 2.75) is 32.2 Å². The van der Waals surface area contributed by atoms with Crippen molar-refractivity contribution in [1.82, 2.24) is 4.90 Å². The lowest BCUT2D eigenvalue weighted by atomic mass is 10.1. The van der Waals surface area contributed by atoms with Crippen LogP contribution in [0.4, 0.5) is 0 Å². The van der Waals surface area contributed by atoms with E-state index in [1.165, 1.54) is 4.90 Å². The Labute approximate surface area is 90.9 Å². The molecule has 5 nitrogen and oxygen atoms in total. The molecule has 0 saturated heterocycles. The number of hydrogen-bond acceptors (Lipinski definition) is 4. The molecular weight excluding hydrogens is 196 g/mol. The Morgan fingerprint density at radius 3 is 2.27 bits per heavy atom. The zero-order chi connectivity index (χ0) is 11.7. The van der Waals surface area contributed by atoms with E-state index in [0.717, 1.165) is 12.8 Å². The Hall–Kier alpha value is -0.650. The summed E-state index contributed by atoms with van der Waals surface area (Å²) in [5.41, 5.74) is 5.74. The number of nitrogens with zero attached hydrogens (tertiary/aromatic N) is 1. The fourth-order valence-corrected chi connectivity index (χ4v) is 1.43. The van der Waals surface area contributed by atoms with E-state index in [1.807, 2.05) is 6.92 Å². The fourth-order valence-electron chi connectivity index (χ4n) is 1.43. The van der Waals surface area contributed by atoms with Gasteiger partial charge in [0, 0.05) is 25.6 Å². The summed E-state index contributed by atoms with van der Waals surface area (Å²) < 4.78 is 0. The van der Waals surface area contributed by atoms with E-state index in [2.05, 4.69) is 0 Å². The van der Waals surface area contributed by atoms with Crippen LogP contribution in [-0.2, 0) is 4.79 Å². The molecular formula is C10H22N2O3. The van der Waals surface area contributed by atoms with Gasteiger partial charge in [-0.25, -0.2) is 0 Å². The van der Waals surface area contributed by atoms with Crippen LogP contribution < -0.4 is 5.73 Å². The molecule has 0 aromatic rings. The molecule has 0 fully saturated rings. The van der Waals surface area contributed by atoms with E-state index < -0.39 is 0 Å². The van der Waals surface area contributed by atoms with Crippen LogP contribution in [0.25, 0.3) is 0 Å². The summed E-state index contributed by atoms with van der Waals surface area (Å²) in [6, 6.07) is -0.123. The molecule has 90 valence electrons. The third-order valence-corrected chi connectivity index (χ3v) is 2.19. The molecule has 0 aromatic heterocycles. The smallest absolute Gasteiger partial charge is 0.224 e. The van der Waals surface area contributed by atoms with Crippen molar-refractivity contribution < 1.29 is 15.0 Å². The van der Waals surface area contributed by atoms with Crippen LogP contribution in [0.1, 0.15) is 26.2 Å². The zero-order valence-electron chi connectivity index (χ0n) is 9.35. The van der Waals surface area contributed by atoms with Gasteiger partial charge in [-0.1, -0.05) is 13.3 Å². The molecule has 0 aliphatic carbocycles. The molecule has 15 heavy (non-hydrogen) atoms. The van der Waals surface area contributed by atoms with Gasteiger partial charge in [0.05, 0.1) is 13.2 Å². The highest BCUT2D eigenvalue weighted by atomic mass is 16.3. The monoisotopic (exact) mass is 218 g/mol. The maximum absolute atomic E-state index is 11.6. The van der Waals surface area contributed by atoms with Gasteiger partial charge in [-0.3, -0.25) is 4.79 Å². The summed E-state index contributed by atoms with van der Waals surface area (Å²) in [4.78, 5) is 13.1. The van der Waals surface area contributed by atoms with Gasteiger partial charge in [0.2, 0.25) is 5.91 Å². The van der Waals surface area contributed by atoms with E-state index in [9.17, 15) is 4.79 Å². The number of amides is 1. The van der Waals surface area contributed by atoms with E-state index in [-0.39, 0.29) is 44.7 Å². The zero-order valence-corrected chi connectivity index (χ0v) is 9.35. The topological polar surface area (TPSA) is 86.8 Å². The average Bonchev–Trinajstić information content (AvgIpc) is 2.17. The van der Waals surface area contributed by atoms with E-state index in [0.29, 0.717) is 0 Å². The molecule has 4 N–H and O–H groups in total. The van der Waals surface area contributed by atoms with Crippen molar-refractivity contribution in [1.29, 1.82) is 0 Å². The highest BCUT2D eigenvalue weighted by Crippen LogP contribution is 2.02. The minimum atomic E-state index is -0.123. The second-order valence-corrected chi connectivity index (χ2v) is 3.58. The van der Waals surface area contributed by atoms with Crippen LogP contribution in [0.3, 0.4) is 0 Å². The van der Waals surface area contributed by atoms with Crippen LogP contribution >= 0.6 is 0 Å². The molecule has 0 saturated carbocycles. The first kappa shape index (κ1) is 14.3. The summed E-state index contributed by atoms with van der Waals surface area (Å²) in [6.45, 7) is 2.36. The Kier molecular flexibility index (Phi) is 8.27. The van der Waals surface area contributed by atoms with Crippen molar-refractivity contribution >= 4 is 5.91 Å². The molecule has 0 radical (unpaired) electrons. The second kappa shape index (κ2) is 8.64. The van der Waals surface area contributed by atoms with Crippen LogP contribution in [0.5, 0.6) is 0 Å². The first-order valence-electron chi connectivity index (χ1n) is 5.40. The summed E-state index contributed by atoms with van der Waals surface area (Å²) in [5.74, 6) is -0.0981. The Bertz CT molecular complexity index is 170. The van der Waals surface area contributed by atoms with Crippen molar-refractivity contribution in [3.05, 3.63) is 0 Å². The van der Waals surface area contributed by atoms with E-state index in [1.54, 1.807) is 0 Å². The van der Waals surface area contributed by atoms with Gasteiger partial charge < -0.3 is 20.8 Å². The molecule has 1 atom stereocenters. The lowest BCUT2D eigenvalue weighted by molar-refractivity contribution is -0.132. The average molecular weight is 218 g/mol. The van der Waals surface area contributed by atoms with Gasteiger partial charge in [0.15, 0.2) is 0 Å². The minimum Gasteiger partial charge on any atom is -0.395 e. The molecule has 0 aliphatic heterocycles. The predicted octanol–water partition coefficient (Wildman–Crippen LogP) is -0.683. The normalized spacial score (nSPS) is 12.5. The molecule has 1 unspecified atom stereocenters. The molecule has 0 spiro atoms. The third kappa shape index (κ3) is 6.43. The Morgan fingerprint density at radius 2 is 1.87 bits per heavy atom. The number of aliphatic hydroxyl groups is 2. The summed E-state index contributed by atoms with van der Waals surface area (Å²) in [5, 5.41) is 17.5. The van der Waals surface area contributed by atoms with Gasteiger partial charge in [-0.15, -0.1) is 0 Å². The first-order chi connectivity index (χ1) is 7.15. The fraction of sp³-hybridized carbons (Fsp3) is 0.900. The molecule has 0 bridgehead atoms. The van der Waals surface area contributed by atoms with Crippen LogP contribution in [0, 0.1) is 0 Å². The van der Waals surface area contributed by atoms with Crippen molar-refractivity contribution in [3.63, 3.8) is 0 Å². The molecule has 5 heteroatoms. The number of aliphatic hydroxyl groups excluding tert-OH is 2. The first-order valence-corrected chi connectivity index (χ1v) is 5.40. The third-order valence-electron chi connectivity index (χ3n) is 2.19. The highest BCUT2D eigenvalue weighted by Gasteiger charge is 2.15. The Morgan fingerprint density at radius 1 is 1.33 bits per heavy atom. The van der Waals surface area contributed by atoms with E-state index in [4.69, 9.17) is 15.9 Å². The minimum absolute atomic E-state index is 0.0885. The van der Waals surface area contributed by atoms with Crippen molar-refractivity contribution in [2.75, 3.05) is 26.3 Å². The Balaban J connectivity index is 4.00. The van der Waals surface area contributed by atoms with Crippen LogP contribution in [-0.4, -0.2) is 53.4 Å². The van der Waals surface area contributed by atoms with Gasteiger partial charge in [-0.2, -0.15) is 0 Å². The van der Waals surface area contributed by atoms with Crippen LogP contribution in [0.2, 0.25) is 0 Å². The number of carbonyl (C=O) groups is 1. The maximum Gasteiger partial charge on any atom is 0.224 e. The van der Waals surface area contributed by atoms with Gasteiger partial charge in [-0.05, 0) is 6.42 Å². The van der Waals surface area contributed by atoms with Gasteiger partial charge in [0.25, 0.3) is 0 Å². The number of nitrogens with two attached hydrogens (primary N) is 1. The SMILES string of the molecule is CCCC(N)CC(=O)N(CCO)CCO. The standard InChI is InChI=1S/C10H22N2O3/c1-2-3-9(11)8-10(15)12(4-6-13)5-7-14/h9,13-14H,2-8,11H2,1H3. The second-order valence-electron chi connectivity index (χ2n) is 3.58. The van der Waals surface area contributed by atoms with Gasteiger partial charge in [0.1, 0.15) is 0 Å². The molecule has 0 aliphatic rings. The molecule has 0 heterocycles. The van der Waals surface area contributed by atoms with Gasteiger partial charge >= 0.3 is 0 Å². The summed E-state index contributed by atoms with van der Waals surface area (Å²) in [7, 11) is 0.